The van der Waals surface area contributed by atoms with Crippen molar-refractivity contribution in [3.63, 3.8) is 0 Å². The highest BCUT2D eigenvalue weighted by Gasteiger charge is 2.38. The fraction of sp³-hybridized carbons (Fsp3) is 0.278. The minimum Gasteiger partial charge on any atom is -0.475 e. The number of thiazole rings is 1. The zero-order valence-corrected chi connectivity index (χ0v) is 17.5. The molecule has 0 fully saturated rings. The molecule has 3 aromatic heterocycles. The summed E-state index contributed by atoms with van der Waals surface area (Å²) in [5, 5.41) is 15.5. The van der Waals surface area contributed by atoms with Gasteiger partial charge in [0, 0.05) is 17.6 Å². The summed E-state index contributed by atoms with van der Waals surface area (Å²) in [5.41, 5.74) is 3.02. The predicted molar refractivity (Wildman–Crippen MR) is 109 cm³/mol. The van der Waals surface area contributed by atoms with Crippen molar-refractivity contribution >= 4 is 34.0 Å². The number of imidazole rings is 1. The first-order valence-electron chi connectivity index (χ1n) is 8.80. The lowest BCUT2D eigenvalue weighted by molar-refractivity contribution is -0.192. The molecule has 0 aromatic carbocycles. The third-order valence-corrected chi connectivity index (χ3v) is 4.61. The summed E-state index contributed by atoms with van der Waals surface area (Å²) >= 11 is 1.41. The Labute approximate surface area is 179 Å². The number of pyridine rings is 1. The monoisotopic (exact) mass is 456 g/mol. The quantitative estimate of drug-likeness (QED) is 0.536. The Kier molecular flexibility index (Phi) is 7.69. The largest absolute Gasteiger partial charge is 0.490 e. The molecule has 0 unspecified atom stereocenters. The molecule has 3 heterocycles. The number of carboxylic acid groups (broad SMARTS) is 1. The molecule has 1 amide bonds. The van der Waals surface area contributed by atoms with Crippen molar-refractivity contribution in [3.05, 3.63) is 47.1 Å². The molecule has 0 bridgehead atoms. The Morgan fingerprint density at radius 2 is 1.90 bits per heavy atom. The van der Waals surface area contributed by atoms with Crippen molar-refractivity contribution in [2.45, 2.75) is 26.9 Å². The third kappa shape index (κ3) is 6.50. The van der Waals surface area contributed by atoms with Crippen molar-refractivity contribution in [2.24, 2.45) is 0 Å². The highest BCUT2D eigenvalue weighted by molar-refractivity contribution is 7.13. The van der Waals surface area contributed by atoms with Gasteiger partial charge in [-0.05, 0) is 32.9 Å². The van der Waals surface area contributed by atoms with Gasteiger partial charge in [0.15, 0.2) is 5.13 Å². The molecule has 13 heteroatoms. The first-order chi connectivity index (χ1) is 14.5. The van der Waals surface area contributed by atoms with E-state index in [1.165, 1.54) is 11.3 Å². The molecule has 0 saturated carbocycles. The van der Waals surface area contributed by atoms with Crippen molar-refractivity contribution in [1.82, 2.24) is 19.5 Å². The van der Waals surface area contributed by atoms with E-state index >= 15 is 0 Å². The molecule has 9 nitrogen and oxygen atoms in total. The SMILES string of the molecule is CCNc1nc(C(=O)Nc2ccc(-n3cnc(C)c3C)nc2)cs1.O=C(O)C(F)(F)F. The number of hydrogen-bond donors (Lipinski definition) is 3. The van der Waals surface area contributed by atoms with Crippen LogP contribution in [0.3, 0.4) is 0 Å². The number of hydrogen-bond acceptors (Lipinski definition) is 7. The third-order valence-electron chi connectivity index (χ3n) is 3.81. The first-order valence-corrected chi connectivity index (χ1v) is 9.68. The van der Waals surface area contributed by atoms with Crippen LogP contribution < -0.4 is 10.6 Å². The Morgan fingerprint density at radius 3 is 2.39 bits per heavy atom. The second-order valence-electron chi connectivity index (χ2n) is 6.02. The molecule has 31 heavy (non-hydrogen) atoms. The number of aliphatic carboxylic acids is 1. The maximum atomic E-state index is 12.2. The molecule has 0 spiro atoms. The average Bonchev–Trinajstić information content (AvgIpc) is 3.30. The van der Waals surface area contributed by atoms with E-state index in [9.17, 15) is 18.0 Å². The lowest BCUT2D eigenvalue weighted by Gasteiger charge is -2.07. The Morgan fingerprint density at radius 1 is 1.23 bits per heavy atom. The van der Waals surface area contributed by atoms with Crippen molar-refractivity contribution in [2.75, 3.05) is 17.2 Å². The van der Waals surface area contributed by atoms with Crippen molar-refractivity contribution in [1.29, 1.82) is 0 Å². The summed E-state index contributed by atoms with van der Waals surface area (Å²) in [5.74, 6) is -2.25. The van der Waals surface area contributed by atoms with Crippen LogP contribution in [0.5, 0.6) is 0 Å². The summed E-state index contributed by atoms with van der Waals surface area (Å²) < 4.78 is 33.6. The van der Waals surface area contributed by atoms with Crippen LogP contribution in [0.4, 0.5) is 24.0 Å². The zero-order chi connectivity index (χ0) is 23.2. The van der Waals surface area contributed by atoms with E-state index in [0.717, 1.165) is 28.9 Å². The number of rotatable bonds is 5. The number of aryl methyl sites for hydroxylation is 1. The molecule has 0 atom stereocenters. The van der Waals surface area contributed by atoms with E-state index in [4.69, 9.17) is 9.90 Å². The van der Waals surface area contributed by atoms with Crippen LogP contribution >= 0.6 is 11.3 Å². The molecule has 3 N–H and O–H groups in total. The number of alkyl halides is 3. The number of amides is 1. The lowest BCUT2D eigenvalue weighted by atomic mass is 10.3. The number of aromatic nitrogens is 4. The number of nitrogens with one attached hydrogen (secondary N) is 2. The van der Waals surface area contributed by atoms with Gasteiger partial charge in [-0.2, -0.15) is 13.2 Å². The smallest absolute Gasteiger partial charge is 0.475 e. The minimum atomic E-state index is -5.08. The van der Waals surface area contributed by atoms with Gasteiger partial charge in [0.1, 0.15) is 17.8 Å². The summed E-state index contributed by atoms with van der Waals surface area (Å²) in [7, 11) is 0. The van der Waals surface area contributed by atoms with Gasteiger partial charge in [-0.3, -0.25) is 9.36 Å². The lowest BCUT2D eigenvalue weighted by Crippen LogP contribution is -2.21. The number of carbonyl (C=O) groups is 2. The van der Waals surface area contributed by atoms with Gasteiger partial charge in [0.25, 0.3) is 5.91 Å². The molecular weight excluding hydrogens is 437 g/mol. The molecule has 3 aromatic rings. The van der Waals surface area contributed by atoms with Crippen LogP contribution in [0.2, 0.25) is 0 Å². The van der Waals surface area contributed by atoms with Gasteiger partial charge >= 0.3 is 12.1 Å². The second kappa shape index (κ2) is 10.0. The highest BCUT2D eigenvalue weighted by Crippen LogP contribution is 2.18. The number of anilines is 2. The van der Waals surface area contributed by atoms with Gasteiger partial charge in [-0.1, -0.05) is 0 Å². The number of halogens is 3. The van der Waals surface area contributed by atoms with Crippen LogP contribution in [0.25, 0.3) is 5.82 Å². The Hall–Kier alpha value is -3.48. The second-order valence-corrected chi connectivity index (χ2v) is 6.87. The van der Waals surface area contributed by atoms with Gasteiger partial charge in [0.2, 0.25) is 0 Å². The maximum Gasteiger partial charge on any atom is 0.490 e. The van der Waals surface area contributed by atoms with Crippen molar-refractivity contribution in [3.8, 4) is 5.82 Å². The van der Waals surface area contributed by atoms with Gasteiger partial charge in [-0.25, -0.2) is 19.7 Å². The van der Waals surface area contributed by atoms with E-state index in [2.05, 4.69) is 25.6 Å². The molecule has 0 aliphatic carbocycles. The molecule has 0 aliphatic heterocycles. The van der Waals surface area contributed by atoms with Crippen LogP contribution in [0.15, 0.2) is 30.0 Å². The number of carboxylic acids is 1. The molecular formula is C18H19F3N6O3S. The van der Waals surface area contributed by atoms with E-state index in [0.29, 0.717) is 11.4 Å². The van der Waals surface area contributed by atoms with Crippen LogP contribution in [-0.4, -0.2) is 49.2 Å². The van der Waals surface area contributed by atoms with Gasteiger partial charge in [0.05, 0.1) is 17.6 Å². The van der Waals surface area contributed by atoms with E-state index in [1.54, 1.807) is 17.9 Å². The topological polar surface area (TPSA) is 122 Å². The van der Waals surface area contributed by atoms with Gasteiger partial charge in [-0.15, -0.1) is 11.3 Å². The Balaban J connectivity index is 0.000000423. The summed E-state index contributed by atoms with van der Waals surface area (Å²) in [6, 6.07) is 3.65. The minimum absolute atomic E-state index is 0.250. The average molecular weight is 456 g/mol. The number of nitrogens with zero attached hydrogens (tertiary/aromatic N) is 4. The predicted octanol–water partition coefficient (Wildman–Crippen LogP) is 3.66. The molecule has 0 radical (unpaired) electrons. The normalized spacial score (nSPS) is 10.8. The Bertz CT molecular complexity index is 1050. The summed E-state index contributed by atoms with van der Waals surface area (Å²) in [4.78, 5) is 34.0. The molecule has 0 aliphatic rings. The highest BCUT2D eigenvalue weighted by atomic mass is 32.1. The van der Waals surface area contributed by atoms with E-state index in [1.807, 2.05) is 37.5 Å². The van der Waals surface area contributed by atoms with E-state index < -0.39 is 12.1 Å². The molecule has 3 rings (SSSR count). The van der Waals surface area contributed by atoms with Crippen LogP contribution in [0.1, 0.15) is 28.8 Å². The van der Waals surface area contributed by atoms with Crippen LogP contribution in [-0.2, 0) is 4.79 Å². The fourth-order valence-electron chi connectivity index (χ4n) is 2.14. The van der Waals surface area contributed by atoms with Crippen LogP contribution in [0, 0.1) is 13.8 Å². The summed E-state index contributed by atoms with van der Waals surface area (Å²) in [6.07, 6.45) is -1.72. The standard InChI is InChI=1S/C16H18N6OS.C2HF3O2/c1-4-17-16-21-13(8-24-16)15(23)20-12-5-6-14(18-7-12)22-9-19-10(2)11(22)3;3-2(4,5)1(6)7/h5-9H,4H2,1-3H3,(H,17,21)(H,20,23);(H,6,7). The molecule has 166 valence electrons. The first kappa shape index (κ1) is 23.8. The summed E-state index contributed by atoms with van der Waals surface area (Å²) in [6.45, 7) is 6.70. The molecule has 0 saturated heterocycles. The van der Waals surface area contributed by atoms with Crippen molar-refractivity contribution < 1.29 is 27.9 Å². The zero-order valence-electron chi connectivity index (χ0n) is 16.7. The van der Waals surface area contributed by atoms with Gasteiger partial charge < -0.3 is 15.7 Å². The number of carbonyl (C=O) groups excluding carboxylic acids is 1. The fourth-order valence-corrected chi connectivity index (χ4v) is 2.90. The maximum absolute atomic E-state index is 12.2. The van der Waals surface area contributed by atoms with E-state index in [-0.39, 0.29) is 5.91 Å².